The summed E-state index contributed by atoms with van der Waals surface area (Å²) in [7, 11) is -3.11. The van der Waals surface area contributed by atoms with Gasteiger partial charge in [-0.1, -0.05) is 13.0 Å². The maximum Gasteiger partial charge on any atom is 0.320 e. The second-order valence-electron chi connectivity index (χ2n) is 3.23. The number of nitrogens with one attached hydrogen (secondary N) is 1. The number of carboxylic acid groups (broad SMARTS) is 1. The minimum atomic E-state index is -3.11. The van der Waals surface area contributed by atoms with Crippen molar-refractivity contribution in [2.75, 3.05) is 5.75 Å². The Morgan fingerprint density at radius 2 is 2.36 bits per heavy atom. The molecule has 0 radical (unpaired) electrons. The van der Waals surface area contributed by atoms with E-state index in [4.69, 9.17) is 5.11 Å². The van der Waals surface area contributed by atoms with Gasteiger partial charge in [-0.05, 0) is 6.42 Å². The van der Waals surface area contributed by atoms with Crippen molar-refractivity contribution in [3.05, 3.63) is 11.5 Å². The van der Waals surface area contributed by atoms with E-state index in [2.05, 4.69) is 5.32 Å². The highest BCUT2D eigenvalue weighted by Gasteiger charge is 2.25. The fourth-order valence-corrected chi connectivity index (χ4v) is 2.55. The molecule has 0 spiro atoms. The highest BCUT2D eigenvalue weighted by atomic mass is 32.2. The molecule has 0 bridgehead atoms. The molecule has 1 heterocycles. The molecule has 2 atom stereocenters. The Morgan fingerprint density at radius 1 is 1.71 bits per heavy atom. The summed E-state index contributed by atoms with van der Waals surface area (Å²) in [5, 5.41) is 12.6. The Balaban J connectivity index is 2.55. The molecule has 0 saturated carbocycles. The van der Waals surface area contributed by atoms with Crippen LogP contribution in [0.15, 0.2) is 11.5 Å². The Morgan fingerprint density at radius 3 is 2.71 bits per heavy atom. The lowest BCUT2D eigenvalue weighted by molar-refractivity contribution is -0.139. The minimum Gasteiger partial charge on any atom is -0.480 e. The zero-order valence-electron chi connectivity index (χ0n) is 7.80. The van der Waals surface area contributed by atoms with Crippen LogP contribution in [0.4, 0.5) is 0 Å². The summed E-state index contributed by atoms with van der Waals surface area (Å²) >= 11 is 0. The third-order valence-corrected chi connectivity index (χ3v) is 3.45. The van der Waals surface area contributed by atoms with E-state index in [0.717, 1.165) is 5.41 Å². The standard InChI is InChI=1S/C8H13NO4S/c1-2-7(8(10)11)9-6-3-4-14(12,13)5-6/h3-4,6-7,9H,2,5H2,1H3,(H,10,11)/t6?,7-/m0/s1. The van der Waals surface area contributed by atoms with Crippen molar-refractivity contribution >= 4 is 15.8 Å². The number of carbonyl (C=O) groups is 1. The Bertz CT molecular complexity index is 346. The first-order valence-electron chi connectivity index (χ1n) is 4.34. The first-order valence-corrected chi connectivity index (χ1v) is 6.06. The highest BCUT2D eigenvalue weighted by Crippen LogP contribution is 2.09. The van der Waals surface area contributed by atoms with Crippen LogP contribution < -0.4 is 5.32 Å². The average Bonchev–Trinajstić information content (AvgIpc) is 2.41. The molecule has 0 amide bonds. The van der Waals surface area contributed by atoms with Gasteiger partial charge < -0.3 is 5.11 Å². The van der Waals surface area contributed by atoms with E-state index in [-0.39, 0.29) is 11.8 Å². The molecule has 0 fully saturated rings. The zero-order chi connectivity index (χ0) is 10.8. The Labute approximate surface area is 82.7 Å². The molecule has 80 valence electrons. The molecule has 6 heteroatoms. The van der Waals surface area contributed by atoms with E-state index < -0.39 is 21.8 Å². The SMILES string of the molecule is CC[C@H](NC1C=CS(=O)(=O)C1)C(=O)O. The largest absolute Gasteiger partial charge is 0.480 e. The predicted molar refractivity (Wildman–Crippen MR) is 51.6 cm³/mol. The van der Waals surface area contributed by atoms with Crippen molar-refractivity contribution in [2.45, 2.75) is 25.4 Å². The van der Waals surface area contributed by atoms with Crippen LogP contribution in [0.3, 0.4) is 0 Å². The van der Waals surface area contributed by atoms with Crippen LogP contribution in [0.2, 0.25) is 0 Å². The summed E-state index contributed by atoms with van der Waals surface area (Å²) < 4.78 is 22.0. The van der Waals surface area contributed by atoms with Gasteiger partial charge in [0.15, 0.2) is 9.84 Å². The molecular formula is C8H13NO4S. The van der Waals surface area contributed by atoms with Crippen molar-refractivity contribution in [1.29, 1.82) is 0 Å². The quantitative estimate of drug-likeness (QED) is 0.681. The maximum absolute atomic E-state index is 11.0. The van der Waals surface area contributed by atoms with Gasteiger partial charge in [0.1, 0.15) is 6.04 Å². The number of carboxylic acids is 1. The van der Waals surface area contributed by atoms with Crippen LogP contribution >= 0.6 is 0 Å². The van der Waals surface area contributed by atoms with E-state index in [9.17, 15) is 13.2 Å². The van der Waals surface area contributed by atoms with Crippen LogP contribution in [0, 0.1) is 0 Å². The van der Waals surface area contributed by atoms with Crippen molar-refractivity contribution in [1.82, 2.24) is 5.32 Å². The molecule has 0 saturated heterocycles. The number of aliphatic carboxylic acids is 1. The lowest BCUT2D eigenvalue weighted by atomic mass is 10.2. The molecule has 0 aromatic rings. The summed E-state index contributed by atoms with van der Waals surface area (Å²) in [4.78, 5) is 10.6. The average molecular weight is 219 g/mol. The summed E-state index contributed by atoms with van der Waals surface area (Å²) in [6.07, 6.45) is 1.92. The summed E-state index contributed by atoms with van der Waals surface area (Å²) in [5.41, 5.74) is 0. The number of sulfone groups is 1. The molecule has 0 aromatic heterocycles. The Hall–Kier alpha value is -0.880. The van der Waals surface area contributed by atoms with Crippen molar-refractivity contribution in [3.8, 4) is 0 Å². The van der Waals surface area contributed by atoms with Crippen molar-refractivity contribution < 1.29 is 18.3 Å². The molecule has 0 aliphatic carbocycles. The number of hydrogen-bond acceptors (Lipinski definition) is 4. The summed E-state index contributed by atoms with van der Waals surface area (Å²) in [5.74, 6) is -0.998. The van der Waals surface area contributed by atoms with Crippen LogP contribution in [0.5, 0.6) is 0 Å². The summed E-state index contributed by atoms with van der Waals surface area (Å²) in [6.45, 7) is 1.74. The van der Waals surface area contributed by atoms with Crippen LogP contribution in [-0.4, -0.2) is 37.3 Å². The zero-order valence-corrected chi connectivity index (χ0v) is 8.62. The lowest BCUT2D eigenvalue weighted by Crippen LogP contribution is -2.43. The van der Waals surface area contributed by atoms with E-state index in [1.54, 1.807) is 6.92 Å². The molecule has 5 nitrogen and oxygen atoms in total. The van der Waals surface area contributed by atoms with E-state index in [0.29, 0.717) is 6.42 Å². The van der Waals surface area contributed by atoms with Crippen LogP contribution in [0.1, 0.15) is 13.3 Å². The van der Waals surface area contributed by atoms with Crippen LogP contribution in [-0.2, 0) is 14.6 Å². The fraction of sp³-hybridized carbons (Fsp3) is 0.625. The molecule has 0 aromatic carbocycles. The third kappa shape index (κ3) is 2.81. The van der Waals surface area contributed by atoms with Gasteiger partial charge in [-0.15, -0.1) is 0 Å². The third-order valence-electron chi connectivity index (χ3n) is 2.05. The Kier molecular flexibility index (Phi) is 3.28. The molecular weight excluding hydrogens is 206 g/mol. The first kappa shape index (κ1) is 11.2. The van der Waals surface area contributed by atoms with Gasteiger partial charge in [0, 0.05) is 11.4 Å². The van der Waals surface area contributed by atoms with Gasteiger partial charge in [0.2, 0.25) is 0 Å². The summed E-state index contributed by atoms with van der Waals surface area (Å²) in [6, 6.07) is -1.06. The first-order chi connectivity index (χ1) is 6.44. The normalized spacial score (nSPS) is 26.2. The van der Waals surface area contributed by atoms with E-state index >= 15 is 0 Å². The van der Waals surface area contributed by atoms with Gasteiger partial charge >= 0.3 is 5.97 Å². The van der Waals surface area contributed by atoms with E-state index in [1.807, 2.05) is 0 Å². The van der Waals surface area contributed by atoms with Crippen molar-refractivity contribution in [2.24, 2.45) is 0 Å². The highest BCUT2D eigenvalue weighted by molar-refractivity contribution is 7.94. The predicted octanol–water partition coefficient (Wildman–Crippen LogP) is -0.250. The molecule has 1 aliphatic heterocycles. The number of rotatable bonds is 4. The van der Waals surface area contributed by atoms with Gasteiger partial charge in [-0.3, -0.25) is 10.1 Å². The molecule has 1 unspecified atom stereocenters. The number of hydrogen-bond donors (Lipinski definition) is 2. The van der Waals surface area contributed by atoms with Crippen molar-refractivity contribution in [3.63, 3.8) is 0 Å². The van der Waals surface area contributed by atoms with Gasteiger partial charge in [-0.2, -0.15) is 0 Å². The smallest absolute Gasteiger partial charge is 0.320 e. The van der Waals surface area contributed by atoms with Gasteiger partial charge in [0.05, 0.1) is 5.75 Å². The molecule has 1 rings (SSSR count). The van der Waals surface area contributed by atoms with Gasteiger partial charge in [-0.25, -0.2) is 8.42 Å². The fourth-order valence-electron chi connectivity index (χ4n) is 1.30. The lowest BCUT2D eigenvalue weighted by Gasteiger charge is -2.15. The second kappa shape index (κ2) is 4.10. The topological polar surface area (TPSA) is 83.5 Å². The molecule has 14 heavy (non-hydrogen) atoms. The van der Waals surface area contributed by atoms with Crippen LogP contribution in [0.25, 0.3) is 0 Å². The maximum atomic E-state index is 11.0. The van der Waals surface area contributed by atoms with E-state index in [1.165, 1.54) is 6.08 Å². The molecule has 2 N–H and O–H groups in total. The van der Waals surface area contributed by atoms with Gasteiger partial charge in [0.25, 0.3) is 0 Å². The second-order valence-corrected chi connectivity index (χ2v) is 5.16. The minimum absolute atomic E-state index is 0.0449. The monoisotopic (exact) mass is 219 g/mol. The molecule has 1 aliphatic rings.